The molecule has 110 valence electrons. The van der Waals surface area contributed by atoms with Crippen LogP contribution in [0.1, 0.15) is 34.1 Å². The molecule has 0 bridgehead atoms. The number of ether oxygens (including phenoxy) is 1. The van der Waals surface area contributed by atoms with Crippen molar-refractivity contribution in [2.75, 3.05) is 19.7 Å². The van der Waals surface area contributed by atoms with Crippen molar-refractivity contribution >= 4 is 17.8 Å². The summed E-state index contributed by atoms with van der Waals surface area (Å²) in [6.07, 6.45) is -0.553. The summed E-state index contributed by atoms with van der Waals surface area (Å²) < 4.78 is 4.62. The molecular formula is C13H24N2O4. The number of ketones is 1. The Morgan fingerprint density at radius 3 is 2.05 bits per heavy atom. The summed E-state index contributed by atoms with van der Waals surface area (Å²) >= 11 is 0. The van der Waals surface area contributed by atoms with Crippen LogP contribution >= 0.6 is 0 Å². The maximum Gasteiger partial charge on any atom is 0.404 e. The Balaban J connectivity index is 4.38. The molecule has 0 aromatic rings. The van der Waals surface area contributed by atoms with Crippen molar-refractivity contribution in [3.63, 3.8) is 0 Å². The fourth-order valence-corrected chi connectivity index (χ4v) is 1.49. The quantitative estimate of drug-likeness (QED) is 0.718. The molecule has 0 rings (SSSR count). The number of hydrogen-bond donors (Lipinski definition) is 1. The average molecular weight is 272 g/mol. The van der Waals surface area contributed by atoms with Crippen LogP contribution < -0.4 is 5.73 Å². The largest absolute Gasteiger partial charge is 0.448 e. The zero-order valence-electron chi connectivity index (χ0n) is 12.1. The van der Waals surface area contributed by atoms with Crippen molar-refractivity contribution in [3.05, 3.63) is 0 Å². The minimum Gasteiger partial charge on any atom is -0.448 e. The summed E-state index contributed by atoms with van der Waals surface area (Å²) in [5.41, 5.74) is 4.86. The Morgan fingerprint density at radius 1 is 1.05 bits per heavy atom. The highest BCUT2D eigenvalue weighted by Crippen LogP contribution is 2.05. The number of Topliss-reactive ketones (excluding diaryl/α,β-unsaturated/α-hetero) is 1. The lowest BCUT2D eigenvalue weighted by molar-refractivity contribution is -0.135. The van der Waals surface area contributed by atoms with Gasteiger partial charge in [0, 0.05) is 24.8 Å². The van der Waals surface area contributed by atoms with E-state index in [1.165, 1.54) is 4.90 Å². The molecule has 0 spiro atoms. The van der Waals surface area contributed by atoms with Gasteiger partial charge in [0.25, 0.3) is 0 Å². The predicted molar refractivity (Wildman–Crippen MR) is 71.4 cm³/mol. The number of amides is 2. The second kappa shape index (κ2) is 8.50. The van der Waals surface area contributed by atoms with Crippen LogP contribution in [0.3, 0.4) is 0 Å². The number of hydrogen-bond acceptors (Lipinski definition) is 4. The first-order chi connectivity index (χ1) is 8.75. The molecule has 0 aliphatic carbocycles. The molecule has 0 radical (unpaired) electrons. The zero-order valence-corrected chi connectivity index (χ0v) is 12.1. The highest BCUT2D eigenvalue weighted by Gasteiger charge is 2.19. The summed E-state index contributed by atoms with van der Waals surface area (Å²) in [6.45, 7) is 7.87. The molecule has 0 heterocycles. The van der Waals surface area contributed by atoms with Crippen molar-refractivity contribution in [3.8, 4) is 0 Å². The molecule has 0 aliphatic heterocycles. The second-order valence-corrected chi connectivity index (χ2v) is 5.02. The van der Waals surface area contributed by atoms with E-state index < -0.39 is 6.09 Å². The average Bonchev–Trinajstić information content (AvgIpc) is 2.31. The van der Waals surface area contributed by atoms with Crippen LogP contribution in [-0.2, 0) is 14.3 Å². The summed E-state index contributed by atoms with van der Waals surface area (Å²) in [5, 5.41) is 0. The third kappa shape index (κ3) is 7.43. The number of nitrogens with zero attached hydrogens (tertiary/aromatic N) is 1. The Labute approximate surface area is 114 Å². The number of carbonyl (C=O) groups excluding carboxylic acids is 3. The van der Waals surface area contributed by atoms with E-state index >= 15 is 0 Å². The van der Waals surface area contributed by atoms with E-state index in [1.54, 1.807) is 13.8 Å². The van der Waals surface area contributed by atoms with Gasteiger partial charge < -0.3 is 15.4 Å². The first-order valence-electron chi connectivity index (χ1n) is 6.49. The maximum absolute atomic E-state index is 11.9. The van der Waals surface area contributed by atoms with Gasteiger partial charge in [0.2, 0.25) is 5.91 Å². The van der Waals surface area contributed by atoms with E-state index in [2.05, 4.69) is 4.74 Å². The second-order valence-electron chi connectivity index (χ2n) is 5.02. The molecule has 6 nitrogen and oxygen atoms in total. The van der Waals surface area contributed by atoms with E-state index in [9.17, 15) is 14.4 Å². The van der Waals surface area contributed by atoms with Gasteiger partial charge >= 0.3 is 6.09 Å². The number of nitrogens with two attached hydrogens (primary N) is 1. The molecule has 0 unspecified atom stereocenters. The van der Waals surface area contributed by atoms with Gasteiger partial charge in [0.15, 0.2) is 0 Å². The van der Waals surface area contributed by atoms with Crippen molar-refractivity contribution in [2.45, 2.75) is 34.1 Å². The van der Waals surface area contributed by atoms with Gasteiger partial charge in [0.1, 0.15) is 12.4 Å². The van der Waals surface area contributed by atoms with Crippen LogP contribution in [0.4, 0.5) is 4.79 Å². The molecule has 6 heteroatoms. The van der Waals surface area contributed by atoms with Gasteiger partial charge in [-0.25, -0.2) is 4.79 Å². The summed E-state index contributed by atoms with van der Waals surface area (Å²) in [7, 11) is 0. The molecule has 0 atom stereocenters. The van der Waals surface area contributed by atoms with Crippen LogP contribution in [0.5, 0.6) is 0 Å². The van der Waals surface area contributed by atoms with E-state index in [0.717, 1.165) is 0 Å². The maximum atomic E-state index is 11.9. The van der Waals surface area contributed by atoms with Crippen LogP contribution in [0.2, 0.25) is 0 Å². The van der Waals surface area contributed by atoms with E-state index in [-0.39, 0.29) is 36.7 Å². The van der Waals surface area contributed by atoms with Crippen LogP contribution in [0, 0.1) is 11.8 Å². The Morgan fingerprint density at radius 2 is 1.63 bits per heavy atom. The summed E-state index contributed by atoms with van der Waals surface area (Å²) in [5.74, 6) is -0.164. The van der Waals surface area contributed by atoms with Crippen LogP contribution in [-0.4, -0.2) is 42.4 Å². The van der Waals surface area contributed by atoms with Crippen LogP contribution in [0.25, 0.3) is 0 Å². The van der Waals surface area contributed by atoms with E-state index in [0.29, 0.717) is 13.0 Å². The molecule has 0 aliphatic rings. The lowest BCUT2D eigenvalue weighted by Crippen LogP contribution is -2.39. The number of primary amides is 1. The number of rotatable bonds is 8. The van der Waals surface area contributed by atoms with Gasteiger partial charge in [-0.05, 0) is 0 Å². The third-order valence-electron chi connectivity index (χ3n) is 2.68. The fraction of sp³-hybridized carbons (Fsp3) is 0.769. The fourth-order valence-electron chi connectivity index (χ4n) is 1.49. The number of carbonyl (C=O) groups is 3. The molecule has 0 saturated carbocycles. The minimum atomic E-state index is -0.866. The molecule has 0 saturated heterocycles. The molecule has 2 amide bonds. The smallest absolute Gasteiger partial charge is 0.404 e. The highest BCUT2D eigenvalue weighted by molar-refractivity contribution is 5.82. The molecular weight excluding hydrogens is 248 g/mol. The lowest BCUT2D eigenvalue weighted by atomic mass is 10.1. The standard InChI is InChI=1S/C13H24N2O4/c1-9(2)11(16)5-6-15(12(17)10(3)4)7-8-19-13(14)18/h9-10H,5-8H2,1-4H3,(H2,14,18). The van der Waals surface area contributed by atoms with Crippen molar-refractivity contribution in [1.82, 2.24) is 4.90 Å². The third-order valence-corrected chi connectivity index (χ3v) is 2.68. The van der Waals surface area contributed by atoms with Crippen molar-refractivity contribution < 1.29 is 19.1 Å². The SMILES string of the molecule is CC(C)C(=O)CCN(CCOC(N)=O)C(=O)C(C)C. The predicted octanol–water partition coefficient (Wildman–Crippen LogP) is 1.18. The van der Waals surface area contributed by atoms with Crippen molar-refractivity contribution in [2.24, 2.45) is 17.6 Å². The first kappa shape index (κ1) is 17.4. The Kier molecular flexibility index (Phi) is 7.79. The summed E-state index contributed by atoms with van der Waals surface area (Å²) in [4.78, 5) is 35.5. The molecule has 19 heavy (non-hydrogen) atoms. The summed E-state index contributed by atoms with van der Waals surface area (Å²) in [6, 6.07) is 0. The Hall–Kier alpha value is -1.59. The van der Waals surface area contributed by atoms with E-state index in [4.69, 9.17) is 5.73 Å². The van der Waals surface area contributed by atoms with Gasteiger partial charge in [-0.1, -0.05) is 27.7 Å². The van der Waals surface area contributed by atoms with Gasteiger partial charge in [-0.15, -0.1) is 0 Å². The van der Waals surface area contributed by atoms with Crippen molar-refractivity contribution in [1.29, 1.82) is 0 Å². The molecule has 2 N–H and O–H groups in total. The first-order valence-corrected chi connectivity index (χ1v) is 6.49. The normalized spacial score (nSPS) is 10.6. The monoisotopic (exact) mass is 272 g/mol. The molecule has 0 aromatic carbocycles. The van der Waals surface area contributed by atoms with Gasteiger partial charge in [-0.3, -0.25) is 9.59 Å². The van der Waals surface area contributed by atoms with E-state index in [1.807, 2.05) is 13.8 Å². The highest BCUT2D eigenvalue weighted by atomic mass is 16.5. The van der Waals surface area contributed by atoms with Crippen LogP contribution in [0.15, 0.2) is 0 Å². The molecule has 0 fully saturated rings. The lowest BCUT2D eigenvalue weighted by Gasteiger charge is -2.24. The minimum absolute atomic E-state index is 0.0436. The van der Waals surface area contributed by atoms with Gasteiger partial charge in [0.05, 0.1) is 6.54 Å². The van der Waals surface area contributed by atoms with Gasteiger partial charge in [-0.2, -0.15) is 0 Å². The molecule has 0 aromatic heterocycles. The topological polar surface area (TPSA) is 89.7 Å². The Bertz CT molecular complexity index is 327. The zero-order chi connectivity index (χ0) is 15.0.